The monoisotopic (exact) mass is 288 g/mol. The van der Waals surface area contributed by atoms with Gasteiger partial charge in [-0.3, -0.25) is 4.79 Å². The Morgan fingerprint density at radius 1 is 1.75 bits per heavy atom. The molecule has 6 nitrogen and oxygen atoms in total. The summed E-state index contributed by atoms with van der Waals surface area (Å²) in [6, 6.07) is 1.62. The number of nitrogens with one attached hydrogen (secondary N) is 1. The highest BCUT2D eigenvalue weighted by atomic mass is 79.9. The molecule has 1 heterocycles. The van der Waals surface area contributed by atoms with E-state index in [9.17, 15) is 4.79 Å². The fraction of sp³-hybridized carbons (Fsp3) is 0.333. The van der Waals surface area contributed by atoms with Crippen molar-refractivity contribution in [2.75, 3.05) is 25.6 Å². The van der Waals surface area contributed by atoms with Crippen molar-refractivity contribution >= 4 is 27.7 Å². The van der Waals surface area contributed by atoms with Gasteiger partial charge in [-0.1, -0.05) is 0 Å². The predicted octanol–water partition coefficient (Wildman–Crippen LogP) is 0.194. The van der Waals surface area contributed by atoms with Crippen LogP contribution in [0, 0.1) is 0 Å². The Morgan fingerprint density at radius 2 is 2.44 bits per heavy atom. The van der Waals surface area contributed by atoms with Crippen LogP contribution in [0.5, 0.6) is 0 Å². The fourth-order valence-corrected chi connectivity index (χ4v) is 1.51. The van der Waals surface area contributed by atoms with E-state index in [4.69, 9.17) is 10.9 Å². The number of nitrogens with zero attached hydrogens (tertiary/aromatic N) is 2. The summed E-state index contributed by atoms with van der Waals surface area (Å²) >= 11 is 3.23. The third-order valence-corrected chi connectivity index (χ3v) is 2.44. The van der Waals surface area contributed by atoms with Gasteiger partial charge in [0.25, 0.3) is 5.91 Å². The lowest BCUT2D eigenvalue weighted by Crippen LogP contribution is -2.30. The largest absolute Gasteiger partial charge is 0.395 e. The standard InChI is InChI=1S/C9H13BrN4O2/c1-14(2-3-15)9(16)7-4-6(10)5-12-8(7)13-11/h4-5,15H,2-3,11H2,1H3,(H,12,13). The number of hydrogen-bond acceptors (Lipinski definition) is 5. The normalized spacial score (nSPS) is 10.0. The van der Waals surface area contributed by atoms with Crippen molar-refractivity contribution in [1.29, 1.82) is 0 Å². The summed E-state index contributed by atoms with van der Waals surface area (Å²) in [5.74, 6) is 5.31. The summed E-state index contributed by atoms with van der Waals surface area (Å²) in [5.41, 5.74) is 2.71. The van der Waals surface area contributed by atoms with Crippen molar-refractivity contribution < 1.29 is 9.90 Å². The molecule has 0 bridgehead atoms. The lowest BCUT2D eigenvalue weighted by Gasteiger charge is -2.17. The van der Waals surface area contributed by atoms with Gasteiger partial charge >= 0.3 is 0 Å². The first kappa shape index (κ1) is 12.9. The van der Waals surface area contributed by atoms with E-state index < -0.39 is 0 Å². The molecule has 0 unspecified atom stereocenters. The molecule has 0 saturated heterocycles. The second kappa shape index (κ2) is 5.78. The van der Waals surface area contributed by atoms with Crippen molar-refractivity contribution in [3.05, 3.63) is 22.3 Å². The fourth-order valence-electron chi connectivity index (χ4n) is 1.17. The molecule has 4 N–H and O–H groups in total. The van der Waals surface area contributed by atoms with Crippen LogP contribution >= 0.6 is 15.9 Å². The maximum atomic E-state index is 11.9. The highest BCUT2D eigenvalue weighted by Crippen LogP contribution is 2.18. The van der Waals surface area contributed by atoms with Crippen LogP contribution in [0.15, 0.2) is 16.7 Å². The molecule has 0 aliphatic rings. The van der Waals surface area contributed by atoms with Crippen molar-refractivity contribution in [2.24, 2.45) is 5.84 Å². The number of carbonyl (C=O) groups excluding carboxylic acids is 1. The van der Waals surface area contributed by atoms with Crippen LogP contribution in [-0.4, -0.2) is 41.1 Å². The van der Waals surface area contributed by atoms with E-state index in [0.717, 1.165) is 0 Å². The number of hydrazine groups is 1. The number of likely N-dealkylation sites (N-methyl/N-ethyl adjacent to an activating group) is 1. The molecule has 1 aromatic rings. The zero-order chi connectivity index (χ0) is 12.1. The molecular weight excluding hydrogens is 276 g/mol. The summed E-state index contributed by atoms with van der Waals surface area (Å²) in [7, 11) is 1.60. The number of halogens is 1. The first-order valence-electron chi connectivity index (χ1n) is 4.58. The van der Waals surface area contributed by atoms with Crippen LogP contribution in [0.1, 0.15) is 10.4 Å². The van der Waals surface area contributed by atoms with Gasteiger partial charge in [0.1, 0.15) is 0 Å². The molecule has 1 amide bonds. The van der Waals surface area contributed by atoms with Gasteiger partial charge < -0.3 is 15.4 Å². The summed E-state index contributed by atoms with van der Waals surface area (Å²) < 4.78 is 0.687. The second-order valence-corrected chi connectivity index (χ2v) is 4.06. The summed E-state index contributed by atoms with van der Waals surface area (Å²) in [4.78, 5) is 17.3. The highest BCUT2D eigenvalue weighted by Gasteiger charge is 2.16. The molecule has 1 aromatic heterocycles. The zero-order valence-corrected chi connectivity index (χ0v) is 10.4. The smallest absolute Gasteiger partial charge is 0.257 e. The molecule has 0 radical (unpaired) electrons. The first-order valence-corrected chi connectivity index (χ1v) is 5.38. The van der Waals surface area contributed by atoms with Gasteiger partial charge in [-0.25, -0.2) is 10.8 Å². The minimum Gasteiger partial charge on any atom is -0.395 e. The quantitative estimate of drug-likeness (QED) is 0.544. The average Bonchev–Trinajstić information content (AvgIpc) is 2.28. The molecule has 0 fully saturated rings. The summed E-state index contributed by atoms with van der Waals surface area (Å²) in [6.07, 6.45) is 1.54. The zero-order valence-electron chi connectivity index (χ0n) is 8.77. The van der Waals surface area contributed by atoms with E-state index in [0.29, 0.717) is 15.9 Å². The SMILES string of the molecule is CN(CCO)C(=O)c1cc(Br)cnc1NN. The number of carbonyl (C=O) groups is 1. The van der Waals surface area contributed by atoms with Crippen molar-refractivity contribution in [3.63, 3.8) is 0 Å². The third-order valence-electron chi connectivity index (χ3n) is 2.00. The first-order chi connectivity index (χ1) is 7.60. The molecule has 0 spiro atoms. The number of rotatable bonds is 4. The van der Waals surface area contributed by atoms with E-state index in [1.54, 1.807) is 13.1 Å². The molecule has 0 atom stereocenters. The van der Waals surface area contributed by atoms with Gasteiger partial charge in [-0.15, -0.1) is 0 Å². The molecule has 0 aliphatic carbocycles. The number of nitrogen functional groups attached to an aromatic ring is 1. The number of anilines is 1. The summed E-state index contributed by atoms with van der Waals surface area (Å²) in [5, 5.41) is 8.75. The number of aliphatic hydroxyl groups is 1. The topological polar surface area (TPSA) is 91.5 Å². The lowest BCUT2D eigenvalue weighted by molar-refractivity contribution is 0.0767. The molecule has 0 saturated carbocycles. The van der Waals surface area contributed by atoms with Gasteiger partial charge in [0.15, 0.2) is 5.82 Å². The molecule has 1 rings (SSSR count). The van der Waals surface area contributed by atoms with E-state index in [1.807, 2.05) is 0 Å². The summed E-state index contributed by atoms with van der Waals surface area (Å²) in [6.45, 7) is 0.171. The van der Waals surface area contributed by atoms with Gasteiger partial charge in [-0.2, -0.15) is 0 Å². The number of aromatic nitrogens is 1. The van der Waals surface area contributed by atoms with Crippen LogP contribution in [0.4, 0.5) is 5.82 Å². The predicted molar refractivity (Wildman–Crippen MR) is 63.8 cm³/mol. The Labute approximate surface area is 102 Å². The van der Waals surface area contributed by atoms with Crippen LogP contribution in [-0.2, 0) is 0 Å². The second-order valence-electron chi connectivity index (χ2n) is 3.14. The molecular formula is C9H13BrN4O2. The van der Waals surface area contributed by atoms with E-state index in [-0.39, 0.29) is 19.1 Å². The lowest BCUT2D eigenvalue weighted by atomic mass is 10.2. The maximum Gasteiger partial charge on any atom is 0.257 e. The molecule has 7 heteroatoms. The Balaban J connectivity index is 3.01. The van der Waals surface area contributed by atoms with Crippen molar-refractivity contribution in [1.82, 2.24) is 9.88 Å². The Bertz CT molecular complexity index is 386. The van der Waals surface area contributed by atoms with Crippen LogP contribution in [0.3, 0.4) is 0 Å². The number of aliphatic hydroxyl groups excluding tert-OH is 1. The minimum absolute atomic E-state index is 0.0882. The number of pyridine rings is 1. The van der Waals surface area contributed by atoms with E-state index in [1.165, 1.54) is 11.1 Å². The van der Waals surface area contributed by atoms with Crippen LogP contribution in [0.2, 0.25) is 0 Å². The van der Waals surface area contributed by atoms with Gasteiger partial charge in [0, 0.05) is 24.3 Å². The minimum atomic E-state index is -0.254. The van der Waals surface area contributed by atoms with Crippen LogP contribution < -0.4 is 11.3 Å². The highest BCUT2D eigenvalue weighted by molar-refractivity contribution is 9.10. The Morgan fingerprint density at radius 3 is 3.00 bits per heavy atom. The number of nitrogens with two attached hydrogens (primary N) is 1. The van der Waals surface area contributed by atoms with Crippen LogP contribution in [0.25, 0.3) is 0 Å². The number of amides is 1. The van der Waals surface area contributed by atoms with Gasteiger partial charge in [0.2, 0.25) is 0 Å². The molecule has 16 heavy (non-hydrogen) atoms. The number of hydrogen-bond donors (Lipinski definition) is 3. The molecule has 88 valence electrons. The van der Waals surface area contributed by atoms with Gasteiger partial charge in [0.05, 0.1) is 12.2 Å². The Kier molecular flexibility index (Phi) is 4.66. The Hall–Kier alpha value is -1.18. The van der Waals surface area contributed by atoms with Gasteiger partial charge in [-0.05, 0) is 22.0 Å². The van der Waals surface area contributed by atoms with Crippen molar-refractivity contribution in [3.8, 4) is 0 Å². The molecule has 0 aromatic carbocycles. The molecule has 0 aliphatic heterocycles. The van der Waals surface area contributed by atoms with E-state index in [2.05, 4.69) is 26.3 Å². The van der Waals surface area contributed by atoms with E-state index >= 15 is 0 Å². The van der Waals surface area contributed by atoms with Crippen molar-refractivity contribution in [2.45, 2.75) is 0 Å². The average molecular weight is 289 g/mol. The maximum absolute atomic E-state index is 11.9. The third kappa shape index (κ3) is 2.91.